The molecular formula is C16H22O4. The molecule has 0 aromatic heterocycles. The van der Waals surface area contributed by atoms with E-state index in [2.05, 4.69) is 0 Å². The van der Waals surface area contributed by atoms with Gasteiger partial charge in [0.1, 0.15) is 0 Å². The molecule has 0 fully saturated rings. The van der Waals surface area contributed by atoms with Crippen LogP contribution in [0, 0.1) is 0 Å². The van der Waals surface area contributed by atoms with E-state index in [0.29, 0.717) is 6.42 Å². The molecule has 0 amide bonds. The maximum absolute atomic E-state index is 11.8. The molecule has 1 aromatic carbocycles. The summed E-state index contributed by atoms with van der Waals surface area (Å²) in [6, 6.07) is 7.62. The summed E-state index contributed by atoms with van der Waals surface area (Å²) in [5.41, 5.74) is 0.944. The van der Waals surface area contributed by atoms with Crippen molar-refractivity contribution in [1.29, 1.82) is 0 Å². The molecule has 20 heavy (non-hydrogen) atoms. The van der Waals surface area contributed by atoms with Gasteiger partial charge in [-0.15, -0.1) is 0 Å². The second-order valence-electron chi connectivity index (χ2n) is 5.78. The lowest BCUT2D eigenvalue weighted by atomic mass is 9.77. The van der Waals surface area contributed by atoms with E-state index >= 15 is 0 Å². The molecule has 1 aliphatic rings. The molecule has 2 unspecified atom stereocenters. The summed E-state index contributed by atoms with van der Waals surface area (Å²) >= 11 is 0. The van der Waals surface area contributed by atoms with Crippen LogP contribution in [0.3, 0.4) is 0 Å². The molecule has 110 valence electrons. The molecule has 1 aromatic rings. The van der Waals surface area contributed by atoms with E-state index in [1.54, 1.807) is 0 Å². The van der Waals surface area contributed by atoms with Crippen LogP contribution in [0.25, 0.3) is 0 Å². The van der Waals surface area contributed by atoms with E-state index in [9.17, 15) is 15.0 Å². The maximum atomic E-state index is 11.8. The summed E-state index contributed by atoms with van der Waals surface area (Å²) in [5.74, 6) is -0.856. The fraction of sp³-hybridized carbons (Fsp3) is 0.562. The third-order valence-corrected chi connectivity index (χ3v) is 3.97. The Morgan fingerprint density at radius 1 is 1.40 bits per heavy atom. The molecule has 0 saturated heterocycles. The second kappa shape index (κ2) is 5.94. The Labute approximate surface area is 119 Å². The minimum absolute atomic E-state index is 0.0290. The van der Waals surface area contributed by atoms with Crippen molar-refractivity contribution in [1.82, 2.24) is 0 Å². The third-order valence-electron chi connectivity index (χ3n) is 3.97. The van der Waals surface area contributed by atoms with Gasteiger partial charge in [-0.3, -0.25) is 4.79 Å². The molecular weight excluding hydrogens is 256 g/mol. The first kappa shape index (κ1) is 15.0. The van der Waals surface area contributed by atoms with Gasteiger partial charge in [-0.05, 0) is 44.2 Å². The largest absolute Gasteiger partial charge is 0.481 e. The van der Waals surface area contributed by atoms with Crippen molar-refractivity contribution in [3.05, 3.63) is 35.4 Å². The van der Waals surface area contributed by atoms with Crippen LogP contribution in [0.5, 0.6) is 0 Å². The Bertz CT molecular complexity index is 483. The van der Waals surface area contributed by atoms with Crippen LogP contribution in [-0.4, -0.2) is 35.0 Å². The molecule has 0 radical (unpaired) electrons. The molecule has 2 atom stereocenters. The molecule has 2 N–H and O–H groups in total. The van der Waals surface area contributed by atoms with Crippen molar-refractivity contribution < 1.29 is 19.7 Å². The number of aliphatic hydroxyl groups excluding tert-OH is 1. The number of ether oxygens (including phenoxy) is 1. The highest BCUT2D eigenvalue weighted by atomic mass is 16.5. The molecule has 0 heterocycles. The van der Waals surface area contributed by atoms with Crippen LogP contribution in [0.4, 0.5) is 0 Å². The Kier molecular flexibility index (Phi) is 4.45. The number of hydrogen-bond donors (Lipinski definition) is 2. The number of aliphatic hydroxyl groups is 1. The summed E-state index contributed by atoms with van der Waals surface area (Å²) in [6.45, 7) is 3.96. The predicted octanol–water partition coefficient (Wildman–Crippen LogP) is 2.13. The van der Waals surface area contributed by atoms with E-state index < -0.39 is 17.5 Å². The van der Waals surface area contributed by atoms with Crippen LogP contribution in [0.15, 0.2) is 24.3 Å². The zero-order valence-corrected chi connectivity index (χ0v) is 12.0. The molecule has 0 saturated carbocycles. The van der Waals surface area contributed by atoms with Gasteiger partial charge in [0.2, 0.25) is 0 Å². The van der Waals surface area contributed by atoms with Crippen LogP contribution >= 0.6 is 0 Å². The molecule has 4 nitrogen and oxygen atoms in total. The minimum Gasteiger partial charge on any atom is -0.481 e. The Hall–Kier alpha value is -1.39. The molecule has 0 spiro atoms. The van der Waals surface area contributed by atoms with E-state index in [-0.39, 0.29) is 19.1 Å². The SMILES string of the molecule is CC(C)OCC(O)CC1(C(=O)O)CCc2ccccc21. The molecule has 1 aliphatic carbocycles. The van der Waals surface area contributed by atoms with Crippen LogP contribution in [0.1, 0.15) is 37.8 Å². The number of aliphatic carboxylic acids is 1. The van der Waals surface area contributed by atoms with E-state index in [0.717, 1.165) is 17.5 Å². The topological polar surface area (TPSA) is 66.8 Å². The van der Waals surface area contributed by atoms with Crippen molar-refractivity contribution in [3.8, 4) is 0 Å². The normalized spacial score (nSPS) is 22.8. The van der Waals surface area contributed by atoms with Crippen molar-refractivity contribution >= 4 is 5.97 Å². The fourth-order valence-electron chi connectivity index (χ4n) is 2.97. The van der Waals surface area contributed by atoms with E-state index in [1.165, 1.54) is 0 Å². The predicted molar refractivity (Wildman–Crippen MR) is 75.8 cm³/mol. The maximum Gasteiger partial charge on any atom is 0.314 e. The first-order valence-electron chi connectivity index (χ1n) is 7.07. The van der Waals surface area contributed by atoms with Crippen molar-refractivity contribution in [2.45, 2.75) is 50.7 Å². The quantitative estimate of drug-likeness (QED) is 0.836. The molecule has 0 aliphatic heterocycles. The number of benzene rings is 1. The lowest BCUT2D eigenvalue weighted by Crippen LogP contribution is -2.38. The van der Waals surface area contributed by atoms with E-state index in [1.807, 2.05) is 38.1 Å². The zero-order chi connectivity index (χ0) is 14.8. The van der Waals surface area contributed by atoms with Gasteiger partial charge in [-0.25, -0.2) is 0 Å². The lowest BCUT2D eigenvalue weighted by Gasteiger charge is -2.28. The Morgan fingerprint density at radius 3 is 2.75 bits per heavy atom. The third kappa shape index (κ3) is 2.86. The van der Waals surface area contributed by atoms with Crippen LogP contribution in [0.2, 0.25) is 0 Å². The zero-order valence-electron chi connectivity index (χ0n) is 12.0. The van der Waals surface area contributed by atoms with Crippen LogP contribution in [-0.2, 0) is 21.4 Å². The standard InChI is InChI=1S/C16H22O4/c1-11(2)20-10-13(17)9-16(15(18)19)8-7-12-5-3-4-6-14(12)16/h3-6,11,13,17H,7-10H2,1-2H3,(H,18,19). The molecule has 4 heteroatoms. The highest BCUT2D eigenvalue weighted by molar-refractivity contribution is 5.83. The molecule has 2 rings (SSSR count). The summed E-state index contributed by atoms with van der Waals surface area (Å²) in [7, 11) is 0. The fourth-order valence-corrected chi connectivity index (χ4v) is 2.97. The van der Waals surface area contributed by atoms with Gasteiger partial charge in [-0.1, -0.05) is 24.3 Å². The van der Waals surface area contributed by atoms with Gasteiger partial charge < -0.3 is 14.9 Å². The number of fused-ring (bicyclic) bond motifs is 1. The van der Waals surface area contributed by atoms with Crippen molar-refractivity contribution in [3.63, 3.8) is 0 Å². The number of carboxylic acid groups (broad SMARTS) is 1. The molecule has 0 bridgehead atoms. The minimum atomic E-state index is -0.976. The highest BCUT2D eigenvalue weighted by Crippen LogP contribution is 2.42. The monoisotopic (exact) mass is 278 g/mol. The summed E-state index contributed by atoms with van der Waals surface area (Å²) < 4.78 is 5.38. The van der Waals surface area contributed by atoms with Gasteiger partial charge in [0.05, 0.1) is 24.2 Å². The summed E-state index contributed by atoms with van der Waals surface area (Å²) in [5, 5.41) is 19.8. The average Bonchev–Trinajstić information content (AvgIpc) is 2.77. The van der Waals surface area contributed by atoms with Crippen molar-refractivity contribution in [2.24, 2.45) is 0 Å². The van der Waals surface area contributed by atoms with Gasteiger partial charge >= 0.3 is 5.97 Å². The number of carboxylic acids is 1. The smallest absolute Gasteiger partial charge is 0.314 e. The van der Waals surface area contributed by atoms with E-state index in [4.69, 9.17) is 4.74 Å². The Balaban J connectivity index is 2.18. The second-order valence-corrected chi connectivity index (χ2v) is 5.78. The van der Waals surface area contributed by atoms with Gasteiger partial charge in [0.25, 0.3) is 0 Å². The average molecular weight is 278 g/mol. The number of rotatable bonds is 6. The summed E-state index contributed by atoms with van der Waals surface area (Å²) in [4.78, 5) is 11.8. The highest BCUT2D eigenvalue weighted by Gasteiger charge is 2.46. The van der Waals surface area contributed by atoms with Crippen molar-refractivity contribution in [2.75, 3.05) is 6.61 Å². The first-order valence-corrected chi connectivity index (χ1v) is 7.07. The summed E-state index contributed by atoms with van der Waals surface area (Å²) in [6.07, 6.45) is 0.758. The number of hydrogen-bond acceptors (Lipinski definition) is 3. The van der Waals surface area contributed by atoms with Crippen LogP contribution < -0.4 is 0 Å². The lowest BCUT2D eigenvalue weighted by molar-refractivity contribution is -0.145. The van der Waals surface area contributed by atoms with Gasteiger partial charge in [-0.2, -0.15) is 0 Å². The number of carbonyl (C=O) groups is 1. The number of aryl methyl sites for hydroxylation is 1. The Morgan fingerprint density at radius 2 is 2.10 bits per heavy atom. The van der Waals surface area contributed by atoms with Gasteiger partial charge in [0, 0.05) is 0 Å². The first-order chi connectivity index (χ1) is 9.45. The van der Waals surface area contributed by atoms with Gasteiger partial charge in [0.15, 0.2) is 0 Å².